The third kappa shape index (κ3) is 6.54. The van der Waals surface area contributed by atoms with Crippen molar-refractivity contribution in [3.63, 3.8) is 0 Å². The molecule has 4 nitrogen and oxygen atoms in total. The molecule has 0 aromatic carbocycles. The second kappa shape index (κ2) is 8.01. The van der Waals surface area contributed by atoms with Crippen LogP contribution in [0.25, 0.3) is 0 Å². The highest BCUT2D eigenvalue weighted by molar-refractivity contribution is 5.72. The third-order valence-electron chi connectivity index (χ3n) is 1.67. The molecule has 0 aromatic rings. The average molecular weight is 189 g/mol. The minimum Gasteiger partial charge on any atom is -0.479 e. The van der Waals surface area contributed by atoms with Crippen LogP contribution in [0.4, 0.5) is 0 Å². The molecule has 0 saturated heterocycles. The van der Waals surface area contributed by atoms with Gasteiger partial charge in [0, 0.05) is 6.54 Å². The molecule has 0 radical (unpaired) electrons. The lowest BCUT2D eigenvalue weighted by Gasteiger charge is -2.12. The van der Waals surface area contributed by atoms with E-state index in [0.29, 0.717) is 19.6 Å². The molecule has 0 amide bonds. The fraction of sp³-hybridized carbons (Fsp3) is 0.889. The number of aliphatic carboxylic acids is 1. The van der Waals surface area contributed by atoms with E-state index in [9.17, 15) is 4.79 Å². The van der Waals surface area contributed by atoms with Crippen LogP contribution in [0, 0.1) is 0 Å². The summed E-state index contributed by atoms with van der Waals surface area (Å²) >= 11 is 0. The Morgan fingerprint density at radius 1 is 1.54 bits per heavy atom. The van der Waals surface area contributed by atoms with Crippen LogP contribution in [0.3, 0.4) is 0 Å². The average Bonchev–Trinajstić information content (AvgIpc) is 2.10. The molecular weight excluding hydrogens is 170 g/mol. The summed E-state index contributed by atoms with van der Waals surface area (Å²) in [6.07, 6.45) is 0.781. The number of carbonyl (C=O) groups is 1. The van der Waals surface area contributed by atoms with Crippen molar-refractivity contribution in [1.29, 1.82) is 0 Å². The van der Waals surface area contributed by atoms with Crippen LogP contribution in [0.2, 0.25) is 0 Å². The zero-order valence-corrected chi connectivity index (χ0v) is 8.38. The predicted molar refractivity (Wildman–Crippen MR) is 50.8 cm³/mol. The van der Waals surface area contributed by atoms with E-state index in [2.05, 4.69) is 5.32 Å². The lowest BCUT2D eigenvalue weighted by atomic mass is 10.2. The van der Waals surface area contributed by atoms with E-state index in [1.54, 1.807) is 0 Å². The van der Waals surface area contributed by atoms with Gasteiger partial charge >= 0.3 is 5.97 Å². The van der Waals surface area contributed by atoms with Gasteiger partial charge in [0.15, 0.2) is 6.10 Å². The van der Waals surface area contributed by atoms with Crippen LogP contribution in [0.5, 0.6) is 0 Å². The Hall–Kier alpha value is -0.610. The van der Waals surface area contributed by atoms with Crippen LogP contribution in [-0.4, -0.2) is 36.9 Å². The summed E-state index contributed by atoms with van der Waals surface area (Å²) in [6.45, 7) is 6.01. The van der Waals surface area contributed by atoms with E-state index in [1.165, 1.54) is 0 Å². The zero-order valence-electron chi connectivity index (χ0n) is 8.38. The molecule has 0 rings (SSSR count). The first-order valence-electron chi connectivity index (χ1n) is 4.77. The molecule has 0 aliphatic rings. The van der Waals surface area contributed by atoms with Gasteiger partial charge in [0.1, 0.15) is 0 Å². The largest absolute Gasteiger partial charge is 0.479 e. The number of carboxylic acids is 1. The van der Waals surface area contributed by atoms with Crippen molar-refractivity contribution < 1.29 is 14.6 Å². The minimum absolute atomic E-state index is 0.463. The Morgan fingerprint density at radius 2 is 2.23 bits per heavy atom. The first-order valence-corrected chi connectivity index (χ1v) is 4.77. The van der Waals surface area contributed by atoms with Gasteiger partial charge in [0.2, 0.25) is 0 Å². The van der Waals surface area contributed by atoms with Crippen molar-refractivity contribution in [3.05, 3.63) is 0 Å². The summed E-state index contributed by atoms with van der Waals surface area (Å²) in [5.74, 6) is -0.863. The first kappa shape index (κ1) is 12.4. The predicted octanol–water partition coefficient (Wildman–Crippen LogP) is 0.866. The van der Waals surface area contributed by atoms with Gasteiger partial charge in [0.25, 0.3) is 0 Å². The molecule has 2 N–H and O–H groups in total. The number of carboxylic acid groups (broad SMARTS) is 1. The maximum absolute atomic E-state index is 10.6. The van der Waals surface area contributed by atoms with Gasteiger partial charge in [-0.2, -0.15) is 0 Å². The zero-order chi connectivity index (χ0) is 10.1. The van der Waals surface area contributed by atoms with Crippen molar-refractivity contribution in [2.45, 2.75) is 32.8 Å². The number of ether oxygens (including phenoxy) is 1. The maximum Gasteiger partial charge on any atom is 0.332 e. The Labute approximate surface area is 79.3 Å². The van der Waals surface area contributed by atoms with E-state index in [0.717, 1.165) is 13.0 Å². The van der Waals surface area contributed by atoms with Gasteiger partial charge in [-0.1, -0.05) is 20.3 Å². The molecule has 4 heteroatoms. The van der Waals surface area contributed by atoms with Gasteiger partial charge in [0.05, 0.1) is 6.61 Å². The van der Waals surface area contributed by atoms with E-state index in [-0.39, 0.29) is 0 Å². The highest BCUT2D eigenvalue weighted by atomic mass is 16.5. The fourth-order valence-electron chi connectivity index (χ4n) is 0.990. The van der Waals surface area contributed by atoms with Crippen molar-refractivity contribution in [2.24, 2.45) is 0 Å². The molecule has 0 fully saturated rings. The van der Waals surface area contributed by atoms with Gasteiger partial charge in [-0.3, -0.25) is 0 Å². The molecule has 13 heavy (non-hydrogen) atoms. The Morgan fingerprint density at radius 3 is 2.69 bits per heavy atom. The smallest absolute Gasteiger partial charge is 0.332 e. The molecule has 0 saturated carbocycles. The van der Waals surface area contributed by atoms with Gasteiger partial charge < -0.3 is 15.2 Å². The lowest BCUT2D eigenvalue weighted by Crippen LogP contribution is -2.28. The van der Waals surface area contributed by atoms with Gasteiger partial charge in [-0.25, -0.2) is 4.79 Å². The van der Waals surface area contributed by atoms with Crippen molar-refractivity contribution in [2.75, 3.05) is 19.7 Å². The molecular formula is C9H19NO3. The van der Waals surface area contributed by atoms with Crippen molar-refractivity contribution in [3.8, 4) is 0 Å². The SMILES string of the molecule is CCCC(OCCNCC)C(=O)O. The van der Waals surface area contributed by atoms with Crippen molar-refractivity contribution in [1.82, 2.24) is 5.32 Å². The molecule has 1 atom stereocenters. The number of hydrogen-bond acceptors (Lipinski definition) is 3. The van der Waals surface area contributed by atoms with Crippen LogP contribution in [0.1, 0.15) is 26.7 Å². The van der Waals surface area contributed by atoms with E-state index >= 15 is 0 Å². The second-order valence-corrected chi connectivity index (χ2v) is 2.84. The maximum atomic E-state index is 10.6. The van der Waals surface area contributed by atoms with Crippen LogP contribution >= 0.6 is 0 Å². The highest BCUT2D eigenvalue weighted by Gasteiger charge is 2.15. The summed E-state index contributed by atoms with van der Waals surface area (Å²) in [7, 11) is 0. The molecule has 0 spiro atoms. The molecule has 0 bridgehead atoms. The number of hydrogen-bond donors (Lipinski definition) is 2. The Bertz CT molecular complexity index is 139. The standard InChI is InChI=1S/C9H19NO3/c1-3-5-8(9(11)12)13-7-6-10-4-2/h8,10H,3-7H2,1-2H3,(H,11,12). The summed E-state index contributed by atoms with van der Waals surface area (Å²) in [4.78, 5) is 10.6. The molecule has 0 aliphatic heterocycles. The highest BCUT2D eigenvalue weighted by Crippen LogP contribution is 2.01. The third-order valence-corrected chi connectivity index (χ3v) is 1.67. The first-order chi connectivity index (χ1) is 6.22. The molecule has 1 unspecified atom stereocenters. The summed E-state index contributed by atoms with van der Waals surface area (Å²) < 4.78 is 5.18. The summed E-state index contributed by atoms with van der Waals surface area (Å²) in [5.41, 5.74) is 0. The number of nitrogens with one attached hydrogen (secondary N) is 1. The number of rotatable bonds is 8. The van der Waals surface area contributed by atoms with Crippen LogP contribution in [0.15, 0.2) is 0 Å². The molecule has 0 aliphatic carbocycles. The van der Waals surface area contributed by atoms with Gasteiger partial charge in [-0.15, -0.1) is 0 Å². The van der Waals surface area contributed by atoms with Gasteiger partial charge in [-0.05, 0) is 13.0 Å². The summed E-state index contributed by atoms with van der Waals surface area (Å²) in [5, 5.41) is 11.8. The van der Waals surface area contributed by atoms with Crippen LogP contribution in [-0.2, 0) is 9.53 Å². The van der Waals surface area contributed by atoms with Crippen LogP contribution < -0.4 is 5.32 Å². The molecule has 78 valence electrons. The van der Waals surface area contributed by atoms with E-state index in [1.807, 2.05) is 13.8 Å². The Kier molecular flexibility index (Phi) is 7.63. The van der Waals surface area contributed by atoms with Crippen molar-refractivity contribution >= 4 is 5.97 Å². The monoisotopic (exact) mass is 189 g/mol. The van der Waals surface area contributed by atoms with E-state index < -0.39 is 12.1 Å². The summed E-state index contributed by atoms with van der Waals surface area (Å²) in [6, 6.07) is 0. The second-order valence-electron chi connectivity index (χ2n) is 2.84. The Balaban J connectivity index is 3.51. The molecule has 0 aromatic heterocycles. The molecule has 0 heterocycles. The lowest BCUT2D eigenvalue weighted by molar-refractivity contribution is -0.150. The quantitative estimate of drug-likeness (QED) is 0.556. The normalized spacial score (nSPS) is 12.8. The fourth-order valence-corrected chi connectivity index (χ4v) is 0.990. The topological polar surface area (TPSA) is 58.6 Å². The minimum atomic E-state index is -0.863. The number of likely N-dealkylation sites (N-methyl/N-ethyl adjacent to an activating group) is 1. The van der Waals surface area contributed by atoms with E-state index in [4.69, 9.17) is 9.84 Å².